The number of rotatable bonds is 5. The summed E-state index contributed by atoms with van der Waals surface area (Å²) in [6, 6.07) is 16.3. The van der Waals surface area contributed by atoms with Gasteiger partial charge in [-0.3, -0.25) is 9.59 Å². The van der Waals surface area contributed by atoms with Gasteiger partial charge in [-0.25, -0.2) is 5.10 Å². The van der Waals surface area contributed by atoms with Gasteiger partial charge in [0.1, 0.15) is 0 Å². The van der Waals surface area contributed by atoms with Crippen molar-refractivity contribution in [2.75, 3.05) is 6.54 Å². The molecule has 122 valence electrons. The fraction of sp³-hybridized carbons (Fsp3) is 0.167. The van der Waals surface area contributed by atoms with Crippen molar-refractivity contribution in [1.82, 2.24) is 15.5 Å². The van der Waals surface area contributed by atoms with E-state index in [0.717, 1.165) is 5.56 Å². The number of hydrogen-bond acceptors (Lipinski definition) is 4. The van der Waals surface area contributed by atoms with Gasteiger partial charge in [0.15, 0.2) is 5.69 Å². The first-order valence-electron chi connectivity index (χ1n) is 7.63. The van der Waals surface area contributed by atoms with E-state index in [0.29, 0.717) is 17.2 Å². The number of aliphatic hydroxyl groups is 1. The zero-order valence-corrected chi connectivity index (χ0v) is 12.9. The number of aromatic nitrogens is 2. The first-order chi connectivity index (χ1) is 11.6. The zero-order chi connectivity index (χ0) is 16.9. The molecular formula is C18H17N3O3. The molecule has 6 nitrogen and oxygen atoms in total. The summed E-state index contributed by atoms with van der Waals surface area (Å²) in [6.07, 6.45) is -0.258. The number of carbonyl (C=O) groups excluding carboxylic acids is 1. The summed E-state index contributed by atoms with van der Waals surface area (Å²) in [6.45, 7) is 0.100. The fourth-order valence-corrected chi connectivity index (χ4v) is 2.54. The third-order valence-corrected chi connectivity index (χ3v) is 3.72. The van der Waals surface area contributed by atoms with Crippen molar-refractivity contribution < 1.29 is 9.90 Å². The number of aliphatic hydroxyl groups excluding tert-OH is 1. The molecule has 1 heterocycles. The second kappa shape index (κ2) is 7.06. The quantitative estimate of drug-likeness (QED) is 0.659. The third kappa shape index (κ3) is 3.49. The van der Waals surface area contributed by atoms with E-state index >= 15 is 0 Å². The minimum atomic E-state index is -0.703. The first-order valence-corrected chi connectivity index (χ1v) is 7.63. The molecule has 0 fully saturated rings. The highest BCUT2D eigenvalue weighted by Crippen LogP contribution is 2.12. The molecule has 24 heavy (non-hydrogen) atoms. The third-order valence-electron chi connectivity index (χ3n) is 3.72. The number of nitrogens with one attached hydrogen (secondary N) is 2. The molecule has 0 saturated carbocycles. The van der Waals surface area contributed by atoms with Gasteiger partial charge in [-0.15, -0.1) is 0 Å². The second-order valence-corrected chi connectivity index (χ2v) is 5.50. The van der Waals surface area contributed by atoms with Crippen molar-refractivity contribution >= 4 is 16.7 Å². The van der Waals surface area contributed by atoms with Crippen molar-refractivity contribution in [2.24, 2.45) is 0 Å². The molecule has 1 unspecified atom stereocenters. The van der Waals surface area contributed by atoms with Crippen LogP contribution >= 0.6 is 0 Å². The summed E-state index contributed by atoms with van der Waals surface area (Å²) in [4.78, 5) is 24.1. The lowest BCUT2D eigenvalue weighted by molar-refractivity contribution is 0.0912. The van der Waals surface area contributed by atoms with E-state index in [9.17, 15) is 14.7 Å². The molecule has 6 heteroatoms. The minimum absolute atomic E-state index is 0.100. The highest BCUT2D eigenvalue weighted by Gasteiger charge is 2.15. The van der Waals surface area contributed by atoms with Crippen LogP contribution in [0.5, 0.6) is 0 Å². The summed E-state index contributed by atoms with van der Waals surface area (Å²) in [5, 5.41) is 19.8. The molecular weight excluding hydrogens is 306 g/mol. The summed E-state index contributed by atoms with van der Waals surface area (Å²) in [7, 11) is 0. The molecule has 1 amide bonds. The number of nitrogens with zero attached hydrogens (tertiary/aromatic N) is 1. The predicted molar refractivity (Wildman–Crippen MR) is 90.8 cm³/mol. The number of amides is 1. The molecule has 0 aliphatic rings. The molecule has 1 aromatic heterocycles. The molecule has 0 aliphatic heterocycles. The van der Waals surface area contributed by atoms with Crippen LogP contribution in [0.15, 0.2) is 59.4 Å². The minimum Gasteiger partial charge on any atom is -0.391 e. The average molecular weight is 323 g/mol. The maximum absolute atomic E-state index is 12.3. The van der Waals surface area contributed by atoms with Crippen LogP contribution < -0.4 is 10.9 Å². The van der Waals surface area contributed by atoms with Crippen molar-refractivity contribution in [1.29, 1.82) is 0 Å². The maximum atomic E-state index is 12.3. The second-order valence-electron chi connectivity index (χ2n) is 5.50. The van der Waals surface area contributed by atoms with E-state index in [4.69, 9.17) is 0 Å². The Balaban J connectivity index is 1.70. The SMILES string of the molecule is O=C(NCC(O)Cc1ccccc1)c1n[nH]c(=O)c2ccccc12. The number of carbonyl (C=O) groups is 1. The van der Waals surface area contributed by atoms with Crippen LogP contribution in [-0.2, 0) is 6.42 Å². The summed E-state index contributed by atoms with van der Waals surface area (Å²) in [5.41, 5.74) is 0.787. The van der Waals surface area contributed by atoms with Gasteiger partial charge in [0.25, 0.3) is 11.5 Å². The Kier molecular flexibility index (Phi) is 4.67. The molecule has 3 N–H and O–H groups in total. The van der Waals surface area contributed by atoms with Gasteiger partial charge in [-0.05, 0) is 11.6 Å². The zero-order valence-electron chi connectivity index (χ0n) is 12.9. The van der Waals surface area contributed by atoms with E-state index in [1.54, 1.807) is 24.3 Å². The Morgan fingerprint density at radius 3 is 2.50 bits per heavy atom. The largest absolute Gasteiger partial charge is 0.391 e. The van der Waals surface area contributed by atoms with Crippen molar-refractivity contribution in [3.05, 3.63) is 76.2 Å². The molecule has 0 radical (unpaired) electrons. The number of aromatic amines is 1. The Hall–Kier alpha value is -2.99. The standard InChI is InChI=1S/C18H17N3O3/c22-13(10-12-6-2-1-3-7-12)11-19-18(24)16-14-8-4-5-9-15(14)17(23)21-20-16/h1-9,13,22H,10-11H2,(H,19,24)(H,21,23). The van der Waals surface area contributed by atoms with Gasteiger partial charge in [-0.1, -0.05) is 48.5 Å². The molecule has 0 aliphatic carbocycles. The van der Waals surface area contributed by atoms with Crippen molar-refractivity contribution in [3.8, 4) is 0 Å². The summed E-state index contributed by atoms with van der Waals surface area (Å²) < 4.78 is 0. The molecule has 0 saturated heterocycles. The van der Waals surface area contributed by atoms with Crippen molar-refractivity contribution in [3.63, 3.8) is 0 Å². The van der Waals surface area contributed by atoms with Crippen LogP contribution in [0.3, 0.4) is 0 Å². The van der Waals surface area contributed by atoms with Gasteiger partial charge >= 0.3 is 0 Å². The number of fused-ring (bicyclic) bond motifs is 1. The van der Waals surface area contributed by atoms with E-state index in [2.05, 4.69) is 15.5 Å². The topological polar surface area (TPSA) is 95.1 Å². The predicted octanol–water partition coefficient (Wildman–Crippen LogP) is 1.26. The Morgan fingerprint density at radius 1 is 1.08 bits per heavy atom. The van der Waals surface area contributed by atoms with Crippen LogP contribution in [0.25, 0.3) is 10.8 Å². The van der Waals surface area contributed by atoms with Gasteiger partial charge in [0, 0.05) is 18.4 Å². The molecule has 3 rings (SSSR count). The van der Waals surface area contributed by atoms with Gasteiger partial charge in [0.05, 0.1) is 11.5 Å². The summed E-state index contributed by atoms with van der Waals surface area (Å²) >= 11 is 0. The number of hydrogen-bond donors (Lipinski definition) is 3. The monoisotopic (exact) mass is 323 g/mol. The van der Waals surface area contributed by atoms with Crippen LogP contribution in [-0.4, -0.2) is 33.9 Å². The maximum Gasteiger partial charge on any atom is 0.272 e. The highest BCUT2D eigenvalue weighted by molar-refractivity contribution is 6.04. The summed E-state index contributed by atoms with van der Waals surface area (Å²) in [5.74, 6) is -0.436. The molecule has 0 bridgehead atoms. The van der Waals surface area contributed by atoms with E-state index in [1.165, 1.54) is 0 Å². The van der Waals surface area contributed by atoms with Gasteiger partial charge in [0.2, 0.25) is 0 Å². The van der Waals surface area contributed by atoms with Crippen LogP contribution in [0.4, 0.5) is 0 Å². The smallest absolute Gasteiger partial charge is 0.272 e. The molecule has 1 atom stereocenters. The number of H-pyrrole nitrogens is 1. The van der Waals surface area contributed by atoms with Crippen LogP contribution in [0.1, 0.15) is 16.1 Å². The molecule has 0 spiro atoms. The van der Waals surface area contributed by atoms with Crippen LogP contribution in [0.2, 0.25) is 0 Å². The van der Waals surface area contributed by atoms with Crippen molar-refractivity contribution in [2.45, 2.75) is 12.5 Å². The first kappa shape index (κ1) is 15.9. The van der Waals surface area contributed by atoms with Crippen LogP contribution in [0, 0.1) is 0 Å². The average Bonchev–Trinajstić information content (AvgIpc) is 2.61. The Labute approximate surface area is 138 Å². The fourth-order valence-electron chi connectivity index (χ4n) is 2.54. The normalized spacial score (nSPS) is 12.0. The lowest BCUT2D eigenvalue weighted by Crippen LogP contribution is -2.34. The lowest BCUT2D eigenvalue weighted by atomic mass is 10.1. The lowest BCUT2D eigenvalue weighted by Gasteiger charge is -2.12. The van der Waals surface area contributed by atoms with Gasteiger partial charge < -0.3 is 10.4 Å². The Morgan fingerprint density at radius 2 is 1.75 bits per heavy atom. The van der Waals surface area contributed by atoms with Gasteiger partial charge in [-0.2, -0.15) is 5.10 Å². The number of benzene rings is 2. The van der Waals surface area contributed by atoms with E-state index in [1.807, 2.05) is 30.3 Å². The molecule has 3 aromatic rings. The van der Waals surface area contributed by atoms with E-state index in [-0.39, 0.29) is 17.8 Å². The molecule has 2 aromatic carbocycles. The van der Waals surface area contributed by atoms with E-state index < -0.39 is 12.0 Å². The Bertz CT molecular complexity index is 906. The highest BCUT2D eigenvalue weighted by atomic mass is 16.3.